The van der Waals surface area contributed by atoms with Crippen LogP contribution in [-0.4, -0.2) is 28.9 Å². The number of nitrogens with zero attached hydrogens (tertiary/aromatic N) is 2. The fraction of sp³-hybridized carbons (Fsp3) is 0.538. The van der Waals surface area contributed by atoms with E-state index in [1.807, 2.05) is 6.92 Å². The third-order valence-corrected chi connectivity index (χ3v) is 3.22. The van der Waals surface area contributed by atoms with Crippen LogP contribution in [0.4, 0.5) is 11.5 Å². The zero-order valence-electron chi connectivity index (χ0n) is 11.4. The van der Waals surface area contributed by atoms with E-state index in [4.69, 9.17) is 0 Å². The van der Waals surface area contributed by atoms with E-state index in [-0.39, 0.29) is 11.3 Å². The highest BCUT2D eigenvalue weighted by molar-refractivity contribution is 5.98. The molecule has 0 aliphatic heterocycles. The molecule has 1 aliphatic carbocycles. The average molecular weight is 278 g/mol. The quantitative estimate of drug-likeness (QED) is 0.587. The van der Waals surface area contributed by atoms with E-state index in [0.717, 1.165) is 12.6 Å². The molecule has 1 aliphatic rings. The van der Waals surface area contributed by atoms with Gasteiger partial charge in [0.15, 0.2) is 0 Å². The SMILES string of the molecule is CCNc1cc(C(=O)NCCC2CC2)c([N+](=O)[O-])cn1. The van der Waals surface area contributed by atoms with Gasteiger partial charge in [-0.1, -0.05) is 12.8 Å². The lowest BCUT2D eigenvalue weighted by Gasteiger charge is -2.07. The van der Waals surface area contributed by atoms with E-state index >= 15 is 0 Å². The van der Waals surface area contributed by atoms with Gasteiger partial charge in [-0.05, 0) is 19.3 Å². The van der Waals surface area contributed by atoms with Crippen molar-refractivity contribution in [2.75, 3.05) is 18.4 Å². The van der Waals surface area contributed by atoms with Crippen LogP contribution >= 0.6 is 0 Å². The summed E-state index contributed by atoms with van der Waals surface area (Å²) in [5.74, 6) is 0.754. The van der Waals surface area contributed by atoms with Crippen molar-refractivity contribution in [3.8, 4) is 0 Å². The summed E-state index contributed by atoms with van der Waals surface area (Å²) < 4.78 is 0. The minimum absolute atomic E-state index is 0.0525. The van der Waals surface area contributed by atoms with Crippen molar-refractivity contribution in [1.82, 2.24) is 10.3 Å². The molecule has 1 fully saturated rings. The molecule has 0 aromatic carbocycles. The normalized spacial score (nSPS) is 13.8. The van der Waals surface area contributed by atoms with Gasteiger partial charge < -0.3 is 10.6 Å². The maximum atomic E-state index is 12.1. The number of anilines is 1. The van der Waals surface area contributed by atoms with Gasteiger partial charge in [0.1, 0.15) is 17.6 Å². The van der Waals surface area contributed by atoms with Crippen LogP contribution in [0.15, 0.2) is 12.3 Å². The van der Waals surface area contributed by atoms with Crippen molar-refractivity contribution in [2.24, 2.45) is 5.92 Å². The van der Waals surface area contributed by atoms with Gasteiger partial charge in [-0.15, -0.1) is 0 Å². The van der Waals surface area contributed by atoms with Crippen LogP contribution in [0.1, 0.15) is 36.5 Å². The first-order valence-corrected chi connectivity index (χ1v) is 6.78. The summed E-state index contributed by atoms with van der Waals surface area (Å²) in [4.78, 5) is 26.3. The minimum atomic E-state index is -0.585. The van der Waals surface area contributed by atoms with Gasteiger partial charge in [0.2, 0.25) is 0 Å². The Hall–Kier alpha value is -2.18. The summed E-state index contributed by atoms with van der Waals surface area (Å²) in [6.45, 7) is 3.07. The summed E-state index contributed by atoms with van der Waals surface area (Å²) in [6.07, 6.45) is 4.49. The first kappa shape index (κ1) is 14.2. The summed E-state index contributed by atoms with van der Waals surface area (Å²) >= 11 is 0. The number of amides is 1. The number of carbonyl (C=O) groups is 1. The summed E-state index contributed by atoms with van der Waals surface area (Å²) in [5.41, 5.74) is -0.215. The topological polar surface area (TPSA) is 97.2 Å². The molecule has 1 aromatic heterocycles. The summed E-state index contributed by atoms with van der Waals surface area (Å²) in [5, 5.41) is 16.6. The Morgan fingerprint density at radius 1 is 1.55 bits per heavy atom. The maximum Gasteiger partial charge on any atom is 0.300 e. The lowest BCUT2D eigenvalue weighted by molar-refractivity contribution is -0.385. The highest BCUT2D eigenvalue weighted by Gasteiger charge is 2.23. The van der Waals surface area contributed by atoms with Crippen LogP contribution in [0, 0.1) is 16.0 Å². The molecule has 2 rings (SSSR count). The van der Waals surface area contributed by atoms with E-state index in [2.05, 4.69) is 15.6 Å². The van der Waals surface area contributed by atoms with Crippen LogP contribution in [0.3, 0.4) is 0 Å². The van der Waals surface area contributed by atoms with E-state index < -0.39 is 10.8 Å². The fourth-order valence-corrected chi connectivity index (χ4v) is 1.94. The smallest absolute Gasteiger partial charge is 0.300 e. The van der Waals surface area contributed by atoms with Crippen LogP contribution in [-0.2, 0) is 0 Å². The Balaban J connectivity index is 2.10. The zero-order chi connectivity index (χ0) is 14.5. The van der Waals surface area contributed by atoms with Crippen LogP contribution in [0.2, 0.25) is 0 Å². The number of hydrogen-bond donors (Lipinski definition) is 2. The van der Waals surface area contributed by atoms with E-state index in [1.54, 1.807) is 0 Å². The molecular formula is C13H18N4O3. The number of aromatic nitrogens is 1. The fourth-order valence-electron chi connectivity index (χ4n) is 1.94. The van der Waals surface area contributed by atoms with Gasteiger partial charge >= 0.3 is 0 Å². The molecule has 20 heavy (non-hydrogen) atoms. The van der Waals surface area contributed by atoms with Gasteiger partial charge in [0.05, 0.1) is 4.92 Å². The molecule has 7 nitrogen and oxygen atoms in total. The third-order valence-electron chi connectivity index (χ3n) is 3.22. The first-order valence-electron chi connectivity index (χ1n) is 6.78. The van der Waals surface area contributed by atoms with E-state index in [9.17, 15) is 14.9 Å². The summed E-state index contributed by atoms with van der Waals surface area (Å²) in [6, 6.07) is 1.42. The first-order chi connectivity index (χ1) is 9.61. The van der Waals surface area contributed by atoms with Crippen molar-refractivity contribution in [2.45, 2.75) is 26.2 Å². The molecule has 1 amide bonds. The lowest BCUT2D eigenvalue weighted by Crippen LogP contribution is -2.25. The molecule has 1 aromatic rings. The number of rotatable bonds is 7. The highest BCUT2D eigenvalue weighted by atomic mass is 16.6. The van der Waals surface area contributed by atoms with Gasteiger partial charge in [-0.3, -0.25) is 14.9 Å². The molecule has 0 saturated heterocycles. The van der Waals surface area contributed by atoms with Gasteiger partial charge in [-0.25, -0.2) is 4.98 Å². The lowest BCUT2D eigenvalue weighted by atomic mass is 10.2. The second kappa shape index (κ2) is 6.31. The second-order valence-corrected chi connectivity index (χ2v) is 4.86. The number of hydrogen-bond acceptors (Lipinski definition) is 5. The van der Waals surface area contributed by atoms with Crippen LogP contribution in [0.25, 0.3) is 0 Å². The monoisotopic (exact) mass is 278 g/mol. The molecule has 7 heteroatoms. The Kier molecular flexibility index (Phi) is 4.49. The van der Waals surface area contributed by atoms with Gasteiger partial charge in [0.25, 0.3) is 11.6 Å². The molecule has 0 atom stereocenters. The second-order valence-electron chi connectivity index (χ2n) is 4.86. The zero-order valence-corrected chi connectivity index (χ0v) is 11.4. The standard InChI is InChI=1S/C13H18N4O3/c1-2-14-12-7-10(11(8-16-12)17(19)20)13(18)15-6-5-9-3-4-9/h7-9H,2-6H2,1H3,(H,14,16)(H,15,18). The molecule has 108 valence electrons. The molecule has 0 unspecified atom stereocenters. The maximum absolute atomic E-state index is 12.1. The molecule has 2 N–H and O–H groups in total. The van der Waals surface area contributed by atoms with Crippen molar-refractivity contribution in [3.63, 3.8) is 0 Å². The van der Waals surface area contributed by atoms with Crippen molar-refractivity contribution in [3.05, 3.63) is 27.9 Å². The Bertz CT molecular complexity index is 514. The Morgan fingerprint density at radius 2 is 2.30 bits per heavy atom. The van der Waals surface area contributed by atoms with Crippen molar-refractivity contribution < 1.29 is 9.72 Å². The van der Waals surface area contributed by atoms with Gasteiger partial charge in [-0.2, -0.15) is 0 Å². The molecule has 0 spiro atoms. The molecule has 0 radical (unpaired) electrons. The van der Waals surface area contributed by atoms with E-state index in [0.29, 0.717) is 24.8 Å². The number of nitrogens with one attached hydrogen (secondary N) is 2. The third kappa shape index (κ3) is 3.66. The molecule has 1 heterocycles. The average Bonchev–Trinajstić information content (AvgIpc) is 3.23. The largest absolute Gasteiger partial charge is 0.370 e. The van der Waals surface area contributed by atoms with Crippen molar-refractivity contribution in [1.29, 1.82) is 0 Å². The number of nitro groups is 1. The van der Waals surface area contributed by atoms with Crippen LogP contribution in [0.5, 0.6) is 0 Å². The predicted molar refractivity (Wildman–Crippen MR) is 74.7 cm³/mol. The molecule has 1 saturated carbocycles. The minimum Gasteiger partial charge on any atom is -0.370 e. The predicted octanol–water partition coefficient (Wildman–Crippen LogP) is 1.95. The van der Waals surface area contributed by atoms with Crippen molar-refractivity contribution >= 4 is 17.4 Å². The summed E-state index contributed by atoms with van der Waals surface area (Å²) in [7, 11) is 0. The highest BCUT2D eigenvalue weighted by Crippen LogP contribution is 2.31. The Labute approximate surface area is 116 Å². The number of carbonyl (C=O) groups excluding carboxylic acids is 1. The Morgan fingerprint density at radius 3 is 2.90 bits per heavy atom. The van der Waals surface area contributed by atoms with Crippen LogP contribution < -0.4 is 10.6 Å². The van der Waals surface area contributed by atoms with E-state index in [1.165, 1.54) is 18.9 Å². The molecular weight excluding hydrogens is 260 g/mol. The van der Waals surface area contributed by atoms with Gasteiger partial charge in [0, 0.05) is 19.2 Å². The number of pyridine rings is 1. The molecule has 0 bridgehead atoms.